The number of hydrogen-bond donors (Lipinski definition) is 2. The molecule has 6 rings (SSSR count). The molecule has 1 fully saturated rings. The van der Waals surface area contributed by atoms with E-state index in [4.69, 9.17) is 9.47 Å². The molecule has 0 bridgehead atoms. The molecule has 7 nitrogen and oxygen atoms in total. The summed E-state index contributed by atoms with van der Waals surface area (Å²) in [5, 5.41) is 12.0. The number of benzene rings is 5. The van der Waals surface area contributed by atoms with Gasteiger partial charge in [0.05, 0.1) is 23.7 Å². The van der Waals surface area contributed by atoms with E-state index < -0.39 is 16.3 Å². The van der Waals surface area contributed by atoms with Crippen LogP contribution in [0.2, 0.25) is 0 Å². The number of hydrogen-bond acceptors (Lipinski definition) is 6. The first-order valence-corrected chi connectivity index (χ1v) is 17.5. The highest BCUT2D eigenvalue weighted by atomic mass is 32.2. The number of ether oxygens (including phenoxy) is 2. The molecule has 0 aromatic heterocycles. The van der Waals surface area contributed by atoms with Crippen LogP contribution >= 0.6 is 0 Å². The van der Waals surface area contributed by atoms with Gasteiger partial charge in [0.25, 0.3) is 0 Å². The van der Waals surface area contributed by atoms with E-state index in [2.05, 4.69) is 73.0 Å². The van der Waals surface area contributed by atoms with Crippen molar-refractivity contribution in [1.82, 2.24) is 9.62 Å². The Morgan fingerprint density at radius 1 is 0.787 bits per heavy atom. The van der Waals surface area contributed by atoms with E-state index >= 15 is 0 Å². The van der Waals surface area contributed by atoms with Crippen molar-refractivity contribution in [3.05, 3.63) is 149 Å². The predicted molar refractivity (Wildman–Crippen MR) is 185 cm³/mol. The van der Waals surface area contributed by atoms with E-state index in [0.717, 1.165) is 22.3 Å². The Balaban J connectivity index is 1.20. The van der Waals surface area contributed by atoms with Gasteiger partial charge in [-0.1, -0.05) is 110 Å². The van der Waals surface area contributed by atoms with Gasteiger partial charge >= 0.3 is 0 Å². The summed E-state index contributed by atoms with van der Waals surface area (Å²) in [5.41, 5.74) is 4.82. The van der Waals surface area contributed by atoms with Gasteiger partial charge in [0, 0.05) is 30.6 Å². The number of rotatable bonds is 11. The van der Waals surface area contributed by atoms with Gasteiger partial charge in [-0.2, -0.15) is 0 Å². The largest absolute Gasteiger partial charge is 0.392 e. The normalized spacial score (nSPS) is 20.8. The Morgan fingerprint density at radius 2 is 1.43 bits per heavy atom. The third-order valence-electron chi connectivity index (χ3n) is 9.28. The van der Waals surface area contributed by atoms with E-state index in [-0.39, 0.29) is 42.2 Å². The molecule has 0 saturated carbocycles. The number of aliphatic hydroxyl groups excluding tert-OH is 1. The molecule has 1 heterocycles. The second-order valence-electron chi connectivity index (χ2n) is 12.4. The van der Waals surface area contributed by atoms with E-state index in [1.54, 1.807) is 30.3 Å². The first-order chi connectivity index (χ1) is 22.7. The Kier molecular flexibility index (Phi) is 10.2. The lowest BCUT2D eigenvalue weighted by Crippen LogP contribution is -2.44. The number of likely N-dealkylation sites (N-methyl/N-ethyl adjacent to an activating group) is 1. The standard InChI is InChI=1S/C39H42N2O5S/c1-27-37(25-41(3)28(2)34-22-21-31-9-7-8-10-35(31)23-34)45-39(46-38(27)32-17-15-30(26-42)16-18-32)33-19-13-29(14-20-33)24-40-47(43,44)36-11-5-4-6-12-36/h4-23,27-28,37-40,42H,24-26H2,1-3H3. The van der Waals surface area contributed by atoms with Crippen LogP contribution in [0.15, 0.2) is 126 Å². The van der Waals surface area contributed by atoms with E-state index in [0.29, 0.717) is 6.54 Å². The van der Waals surface area contributed by atoms with Gasteiger partial charge in [0.1, 0.15) is 0 Å². The molecule has 2 N–H and O–H groups in total. The van der Waals surface area contributed by atoms with Crippen LogP contribution in [0, 0.1) is 5.92 Å². The molecule has 5 unspecified atom stereocenters. The van der Waals surface area contributed by atoms with Gasteiger partial charge in [0.15, 0.2) is 6.29 Å². The molecule has 5 aromatic rings. The number of nitrogens with one attached hydrogen (secondary N) is 1. The highest BCUT2D eigenvalue weighted by Gasteiger charge is 2.39. The van der Waals surface area contributed by atoms with Crippen molar-refractivity contribution in [3.63, 3.8) is 0 Å². The summed E-state index contributed by atoms with van der Waals surface area (Å²) >= 11 is 0. The van der Waals surface area contributed by atoms with E-state index in [1.165, 1.54) is 16.3 Å². The molecule has 0 amide bonds. The average Bonchev–Trinajstić information content (AvgIpc) is 3.11. The Morgan fingerprint density at radius 3 is 2.13 bits per heavy atom. The zero-order valence-corrected chi connectivity index (χ0v) is 27.8. The average molecular weight is 651 g/mol. The van der Waals surface area contributed by atoms with Crippen molar-refractivity contribution in [2.45, 2.75) is 56.4 Å². The Hall–Kier alpha value is -3.89. The molecule has 0 aliphatic carbocycles. The van der Waals surface area contributed by atoms with Crippen LogP contribution in [0.3, 0.4) is 0 Å². The van der Waals surface area contributed by atoms with Gasteiger partial charge < -0.3 is 14.6 Å². The molecule has 0 radical (unpaired) electrons. The summed E-state index contributed by atoms with van der Waals surface area (Å²) in [5.74, 6) is 0.0455. The van der Waals surface area contributed by atoms with Crippen LogP contribution in [-0.2, 0) is 32.6 Å². The monoisotopic (exact) mass is 650 g/mol. The fraction of sp³-hybridized carbons (Fsp3) is 0.282. The van der Waals surface area contributed by atoms with E-state index in [1.807, 2.05) is 48.5 Å². The second-order valence-corrected chi connectivity index (χ2v) is 14.2. The second kappa shape index (κ2) is 14.5. The quantitative estimate of drug-likeness (QED) is 0.156. The molecule has 5 aromatic carbocycles. The first kappa shape index (κ1) is 33.0. The number of aliphatic hydroxyl groups is 1. The maximum atomic E-state index is 12.7. The molecule has 5 atom stereocenters. The van der Waals surface area contributed by atoms with Crippen molar-refractivity contribution in [1.29, 1.82) is 0 Å². The molecule has 8 heteroatoms. The molecule has 1 aliphatic heterocycles. The summed E-state index contributed by atoms with van der Waals surface area (Å²) in [7, 11) is -1.48. The third-order valence-corrected chi connectivity index (χ3v) is 10.7. The minimum absolute atomic E-state index is 0.0129. The Labute approximate surface area is 277 Å². The smallest absolute Gasteiger partial charge is 0.240 e. The van der Waals surface area contributed by atoms with Gasteiger partial charge in [-0.25, -0.2) is 13.1 Å². The van der Waals surface area contributed by atoms with Crippen molar-refractivity contribution in [2.75, 3.05) is 13.6 Å². The number of fused-ring (bicyclic) bond motifs is 1. The number of nitrogens with zero attached hydrogens (tertiary/aromatic N) is 1. The summed E-state index contributed by atoms with van der Waals surface area (Å²) in [6.07, 6.45) is -0.979. The van der Waals surface area contributed by atoms with Gasteiger partial charge in [-0.15, -0.1) is 0 Å². The highest BCUT2D eigenvalue weighted by Crippen LogP contribution is 2.42. The van der Waals surface area contributed by atoms with Gasteiger partial charge in [0.2, 0.25) is 10.0 Å². The molecule has 47 heavy (non-hydrogen) atoms. The van der Waals surface area contributed by atoms with Crippen LogP contribution < -0.4 is 4.72 Å². The lowest BCUT2D eigenvalue weighted by atomic mass is 9.89. The summed E-state index contributed by atoms with van der Waals surface area (Å²) in [6, 6.07) is 39.2. The zero-order valence-electron chi connectivity index (χ0n) is 27.0. The van der Waals surface area contributed by atoms with Gasteiger partial charge in [-0.05, 0) is 65.2 Å². The predicted octanol–water partition coefficient (Wildman–Crippen LogP) is 7.30. The van der Waals surface area contributed by atoms with Crippen molar-refractivity contribution < 1.29 is 23.0 Å². The highest BCUT2D eigenvalue weighted by molar-refractivity contribution is 7.89. The number of sulfonamides is 1. The summed E-state index contributed by atoms with van der Waals surface area (Å²) in [6.45, 7) is 5.24. The van der Waals surface area contributed by atoms with Crippen LogP contribution in [0.25, 0.3) is 10.8 Å². The fourth-order valence-corrected chi connectivity index (χ4v) is 7.18. The van der Waals surface area contributed by atoms with Crippen LogP contribution in [0.5, 0.6) is 0 Å². The maximum absolute atomic E-state index is 12.7. The fourth-order valence-electron chi connectivity index (χ4n) is 6.15. The zero-order chi connectivity index (χ0) is 33.0. The van der Waals surface area contributed by atoms with Crippen LogP contribution in [0.4, 0.5) is 0 Å². The van der Waals surface area contributed by atoms with Crippen molar-refractivity contribution >= 4 is 20.8 Å². The molecule has 1 saturated heterocycles. The van der Waals surface area contributed by atoms with Gasteiger partial charge in [-0.3, -0.25) is 4.90 Å². The van der Waals surface area contributed by atoms with Crippen molar-refractivity contribution in [2.24, 2.45) is 5.92 Å². The SMILES string of the molecule is CC1C(CN(C)C(C)c2ccc3ccccc3c2)OC(c2ccc(CNS(=O)(=O)c3ccccc3)cc2)OC1c1ccc(CO)cc1. The first-order valence-electron chi connectivity index (χ1n) is 16.0. The van der Waals surface area contributed by atoms with Crippen molar-refractivity contribution in [3.8, 4) is 0 Å². The minimum Gasteiger partial charge on any atom is -0.392 e. The lowest BCUT2D eigenvalue weighted by molar-refractivity contribution is -0.276. The maximum Gasteiger partial charge on any atom is 0.240 e. The third kappa shape index (κ3) is 7.65. The topological polar surface area (TPSA) is 88.1 Å². The van der Waals surface area contributed by atoms with Crippen LogP contribution in [0.1, 0.15) is 60.1 Å². The minimum atomic E-state index is -3.62. The molecule has 244 valence electrons. The lowest BCUT2D eigenvalue weighted by Gasteiger charge is -2.43. The molecular weight excluding hydrogens is 609 g/mol. The van der Waals surface area contributed by atoms with Crippen LogP contribution in [-0.4, -0.2) is 38.1 Å². The summed E-state index contributed by atoms with van der Waals surface area (Å²) in [4.78, 5) is 2.57. The molecule has 1 aliphatic rings. The molecule has 0 spiro atoms. The summed E-state index contributed by atoms with van der Waals surface area (Å²) < 4.78 is 41.5. The molecular formula is C39H42N2O5S. The Bertz CT molecular complexity index is 1880. The van der Waals surface area contributed by atoms with E-state index in [9.17, 15) is 13.5 Å².